The van der Waals surface area contributed by atoms with Crippen LogP contribution < -0.4 is 9.47 Å². The second kappa shape index (κ2) is 7.48. The molecule has 0 aromatic heterocycles. The number of carbonyl (C=O) groups excluding carboxylic acids is 1. The first-order chi connectivity index (χ1) is 10.1. The Morgan fingerprint density at radius 1 is 1.05 bits per heavy atom. The molecule has 0 radical (unpaired) electrons. The first kappa shape index (κ1) is 15.1. The Balaban J connectivity index is 1.72. The summed E-state index contributed by atoms with van der Waals surface area (Å²) in [6, 6.07) is 15.3. The van der Waals surface area contributed by atoms with Gasteiger partial charge in [-0.25, -0.2) is 0 Å². The molecular formula is C18H20O3. The summed E-state index contributed by atoms with van der Waals surface area (Å²) in [5.41, 5.74) is 2.13. The largest absolute Gasteiger partial charge is 0.494 e. The Morgan fingerprint density at radius 2 is 1.81 bits per heavy atom. The third-order valence-corrected chi connectivity index (χ3v) is 3.09. The number of aryl methyl sites for hydroxylation is 2. The number of benzene rings is 2. The predicted octanol–water partition coefficient (Wildman–Crippen LogP) is 4.07. The zero-order valence-electron chi connectivity index (χ0n) is 12.5. The first-order valence-corrected chi connectivity index (χ1v) is 7.11. The molecule has 2 aromatic carbocycles. The van der Waals surface area contributed by atoms with E-state index in [0.29, 0.717) is 25.2 Å². The second-order valence-electron chi connectivity index (χ2n) is 5.01. The van der Waals surface area contributed by atoms with E-state index in [0.717, 1.165) is 16.9 Å². The second-order valence-corrected chi connectivity index (χ2v) is 5.01. The van der Waals surface area contributed by atoms with Crippen LogP contribution in [0, 0.1) is 13.8 Å². The van der Waals surface area contributed by atoms with Gasteiger partial charge in [-0.2, -0.15) is 0 Å². The smallest absolute Gasteiger partial charge is 0.311 e. The zero-order valence-corrected chi connectivity index (χ0v) is 12.5. The number of hydrogen-bond acceptors (Lipinski definition) is 3. The number of rotatable bonds is 6. The van der Waals surface area contributed by atoms with E-state index in [1.807, 2.05) is 62.4 Å². The van der Waals surface area contributed by atoms with Gasteiger partial charge in [-0.15, -0.1) is 0 Å². The molecule has 3 nitrogen and oxygen atoms in total. The van der Waals surface area contributed by atoms with Crippen molar-refractivity contribution in [2.45, 2.75) is 26.7 Å². The van der Waals surface area contributed by atoms with Crippen molar-refractivity contribution in [3.63, 3.8) is 0 Å². The SMILES string of the molecule is Cc1ccc(OC(=O)CCCOc2ccccc2)c(C)c1. The lowest BCUT2D eigenvalue weighted by Crippen LogP contribution is -2.10. The van der Waals surface area contributed by atoms with E-state index < -0.39 is 0 Å². The van der Waals surface area contributed by atoms with Crippen LogP contribution in [0.3, 0.4) is 0 Å². The summed E-state index contributed by atoms with van der Waals surface area (Å²) in [4.78, 5) is 11.8. The van der Waals surface area contributed by atoms with Crippen LogP contribution in [-0.2, 0) is 4.79 Å². The molecule has 2 rings (SSSR count). The highest BCUT2D eigenvalue weighted by molar-refractivity contribution is 5.72. The highest BCUT2D eigenvalue weighted by Crippen LogP contribution is 2.19. The molecule has 2 aromatic rings. The normalized spacial score (nSPS) is 10.2. The number of esters is 1. The highest BCUT2D eigenvalue weighted by atomic mass is 16.5. The number of hydrogen-bond donors (Lipinski definition) is 0. The molecule has 0 saturated heterocycles. The van der Waals surface area contributed by atoms with Crippen LogP contribution in [0.25, 0.3) is 0 Å². The van der Waals surface area contributed by atoms with E-state index in [4.69, 9.17) is 9.47 Å². The van der Waals surface area contributed by atoms with Crippen molar-refractivity contribution in [3.05, 3.63) is 59.7 Å². The van der Waals surface area contributed by atoms with E-state index in [1.54, 1.807) is 0 Å². The first-order valence-electron chi connectivity index (χ1n) is 7.11. The van der Waals surface area contributed by atoms with Crippen LogP contribution in [0.5, 0.6) is 11.5 Å². The third-order valence-electron chi connectivity index (χ3n) is 3.09. The van der Waals surface area contributed by atoms with Gasteiger partial charge in [0.25, 0.3) is 0 Å². The van der Waals surface area contributed by atoms with Gasteiger partial charge in [-0.1, -0.05) is 35.9 Å². The zero-order chi connectivity index (χ0) is 15.1. The lowest BCUT2D eigenvalue weighted by atomic mass is 10.1. The Kier molecular flexibility index (Phi) is 5.38. The molecule has 0 bridgehead atoms. The molecule has 0 saturated carbocycles. The summed E-state index contributed by atoms with van der Waals surface area (Å²) in [7, 11) is 0. The lowest BCUT2D eigenvalue weighted by molar-refractivity contribution is -0.134. The Morgan fingerprint density at radius 3 is 2.52 bits per heavy atom. The maximum atomic E-state index is 11.8. The summed E-state index contributed by atoms with van der Waals surface area (Å²) in [5, 5.41) is 0. The van der Waals surface area contributed by atoms with Crippen LogP contribution in [0.4, 0.5) is 0 Å². The number of ether oxygens (including phenoxy) is 2. The van der Waals surface area contributed by atoms with E-state index in [1.165, 1.54) is 0 Å². The molecule has 0 heterocycles. The van der Waals surface area contributed by atoms with Gasteiger partial charge in [0.1, 0.15) is 11.5 Å². The van der Waals surface area contributed by atoms with E-state index in [-0.39, 0.29) is 5.97 Å². The molecule has 0 fully saturated rings. The molecule has 0 unspecified atom stereocenters. The van der Waals surface area contributed by atoms with Crippen molar-refractivity contribution in [3.8, 4) is 11.5 Å². The maximum absolute atomic E-state index is 11.8. The minimum absolute atomic E-state index is 0.224. The van der Waals surface area contributed by atoms with Gasteiger partial charge >= 0.3 is 5.97 Å². The van der Waals surface area contributed by atoms with Crippen molar-refractivity contribution in [1.29, 1.82) is 0 Å². The highest BCUT2D eigenvalue weighted by Gasteiger charge is 2.07. The summed E-state index contributed by atoms with van der Waals surface area (Å²) in [5.74, 6) is 1.23. The van der Waals surface area contributed by atoms with E-state index >= 15 is 0 Å². The van der Waals surface area contributed by atoms with Gasteiger partial charge < -0.3 is 9.47 Å². The minimum atomic E-state index is -0.224. The van der Waals surface area contributed by atoms with Gasteiger partial charge in [0, 0.05) is 6.42 Å². The third kappa shape index (κ3) is 4.95. The summed E-state index contributed by atoms with van der Waals surface area (Å²) >= 11 is 0. The molecule has 110 valence electrons. The Labute approximate surface area is 125 Å². The van der Waals surface area contributed by atoms with Crippen molar-refractivity contribution in [2.24, 2.45) is 0 Å². The summed E-state index contributed by atoms with van der Waals surface area (Å²) < 4.78 is 10.9. The Bertz CT molecular complexity index is 591. The van der Waals surface area contributed by atoms with Gasteiger partial charge in [-0.3, -0.25) is 4.79 Å². The topological polar surface area (TPSA) is 35.5 Å². The van der Waals surface area contributed by atoms with Crippen LogP contribution in [-0.4, -0.2) is 12.6 Å². The van der Waals surface area contributed by atoms with Crippen molar-refractivity contribution in [2.75, 3.05) is 6.61 Å². The molecule has 0 aliphatic carbocycles. The fourth-order valence-electron chi connectivity index (χ4n) is 2.01. The molecule has 0 N–H and O–H groups in total. The molecule has 0 amide bonds. The predicted molar refractivity (Wildman–Crippen MR) is 82.7 cm³/mol. The summed E-state index contributed by atoms with van der Waals surface area (Å²) in [6.45, 7) is 4.46. The molecule has 0 aliphatic rings. The molecule has 0 spiro atoms. The van der Waals surface area contributed by atoms with Crippen LogP contribution in [0.2, 0.25) is 0 Å². The monoisotopic (exact) mass is 284 g/mol. The van der Waals surface area contributed by atoms with Crippen LogP contribution in [0.15, 0.2) is 48.5 Å². The fourth-order valence-corrected chi connectivity index (χ4v) is 2.01. The molecule has 0 aliphatic heterocycles. The fraction of sp³-hybridized carbons (Fsp3) is 0.278. The number of para-hydroxylation sites is 1. The van der Waals surface area contributed by atoms with Gasteiger partial charge in [-0.05, 0) is 44.0 Å². The Hall–Kier alpha value is -2.29. The molecular weight excluding hydrogens is 264 g/mol. The molecule has 21 heavy (non-hydrogen) atoms. The maximum Gasteiger partial charge on any atom is 0.311 e. The lowest BCUT2D eigenvalue weighted by Gasteiger charge is -2.08. The molecule has 3 heteroatoms. The van der Waals surface area contributed by atoms with Crippen LogP contribution >= 0.6 is 0 Å². The van der Waals surface area contributed by atoms with Gasteiger partial charge in [0.05, 0.1) is 6.61 Å². The van der Waals surface area contributed by atoms with Gasteiger partial charge in [0.15, 0.2) is 0 Å². The average Bonchev–Trinajstić information content (AvgIpc) is 2.48. The summed E-state index contributed by atoms with van der Waals surface area (Å²) in [6.07, 6.45) is 0.985. The van der Waals surface area contributed by atoms with Gasteiger partial charge in [0.2, 0.25) is 0 Å². The standard InChI is InChI=1S/C18H20O3/c1-14-10-11-17(15(2)13-14)21-18(19)9-6-12-20-16-7-4-3-5-8-16/h3-5,7-8,10-11,13H,6,9,12H2,1-2H3. The van der Waals surface area contributed by atoms with E-state index in [2.05, 4.69) is 0 Å². The van der Waals surface area contributed by atoms with Crippen molar-refractivity contribution < 1.29 is 14.3 Å². The van der Waals surface area contributed by atoms with Crippen molar-refractivity contribution >= 4 is 5.97 Å². The van der Waals surface area contributed by atoms with Crippen molar-refractivity contribution in [1.82, 2.24) is 0 Å². The molecule has 0 atom stereocenters. The number of carbonyl (C=O) groups is 1. The van der Waals surface area contributed by atoms with Crippen LogP contribution in [0.1, 0.15) is 24.0 Å². The minimum Gasteiger partial charge on any atom is -0.494 e. The quantitative estimate of drug-likeness (QED) is 0.456. The average molecular weight is 284 g/mol. The van der Waals surface area contributed by atoms with E-state index in [9.17, 15) is 4.79 Å².